The molecule has 0 amide bonds. The molecule has 0 spiro atoms. The second kappa shape index (κ2) is 26.5. The number of unbranched alkanes of at least 4 members (excludes halogenated alkanes) is 12. The first-order valence-corrected chi connectivity index (χ1v) is 15.5. The zero-order chi connectivity index (χ0) is 33.1. The monoisotopic (exact) mass is 616 g/mol. The normalized spacial score (nSPS) is 12.3. The fourth-order valence-electron chi connectivity index (χ4n) is 3.71. The zero-order valence-corrected chi connectivity index (χ0v) is 26.4. The summed E-state index contributed by atoms with van der Waals surface area (Å²) in [5, 5.41) is 97.8. The zero-order valence-electron chi connectivity index (χ0n) is 26.4. The molecule has 0 aliphatic rings. The number of carboxylic acids is 1. The van der Waals surface area contributed by atoms with E-state index in [0.717, 1.165) is 19.3 Å². The van der Waals surface area contributed by atoms with Crippen molar-refractivity contribution in [3.8, 4) is 0 Å². The van der Waals surface area contributed by atoms with Gasteiger partial charge in [-0.25, -0.2) is 4.79 Å². The van der Waals surface area contributed by atoms with Crippen molar-refractivity contribution in [2.45, 2.75) is 135 Å². The molecule has 256 valence electrons. The Kier molecular flexibility index (Phi) is 28.7. The molecule has 0 radical (unpaired) electrons. The van der Waals surface area contributed by atoms with Crippen molar-refractivity contribution >= 4 is 5.97 Å². The Labute approximate surface area is 252 Å². The summed E-state index contributed by atoms with van der Waals surface area (Å²) >= 11 is 0. The van der Waals surface area contributed by atoms with E-state index in [1.165, 1.54) is 51.4 Å². The van der Waals surface area contributed by atoms with Crippen LogP contribution in [0, 0.1) is 10.8 Å². The lowest BCUT2D eigenvalue weighted by Crippen LogP contribution is -2.59. The molecule has 12 heteroatoms. The summed E-state index contributed by atoms with van der Waals surface area (Å²) in [6.45, 7) is 4.93. The van der Waals surface area contributed by atoms with Gasteiger partial charge >= 0.3 is 11.8 Å². The molecule has 0 saturated heterocycles. The number of aliphatic carboxylic acids is 1. The number of carbonyl (C=O) groups is 1. The Bertz CT molecular complexity index is 550. The third-order valence-corrected chi connectivity index (χ3v) is 8.00. The molecule has 0 fully saturated rings. The first kappa shape index (κ1) is 45.5. The van der Waals surface area contributed by atoms with Crippen molar-refractivity contribution in [1.82, 2.24) is 0 Å². The van der Waals surface area contributed by atoms with Crippen molar-refractivity contribution in [3.05, 3.63) is 0 Å². The summed E-state index contributed by atoms with van der Waals surface area (Å²) < 4.78 is 0. The predicted octanol–water partition coefficient (Wildman–Crippen LogP) is 1.63. The van der Waals surface area contributed by atoms with Gasteiger partial charge in [0.2, 0.25) is 5.79 Å². The summed E-state index contributed by atoms with van der Waals surface area (Å²) in [4.78, 5) is 10.6. The lowest BCUT2D eigenvalue weighted by atomic mass is 9.88. The maximum atomic E-state index is 10.6. The molecule has 0 aromatic heterocycles. The summed E-state index contributed by atoms with van der Waals surface area (Å²) in [7, 11) is 0. The van der Waals surface area contributed by atoms with Crippen molar-refractivity contribution in [2.24, 2.45) is 10.8 Å². The summed E-state index contributed by atoms with van der Waals surface area (Å²) in [5.74, 6) is -8.64. The molecule has 0 aliphatic heterocycles. The number of aliphatic hydroxyl groups is 10. The van der Waals surface area contributed by atoms with Gasteiger partial charge in [0.1, 0.15) is 0 Å². The van der Waals surface area contributed by atoms with Crippen LogP contribution >= 0.6 is 0 Å². The van der Waals surface area contributed by atoms with Crippen LogP contribution in [0.25, 0.3) is 0 Å². The number of aliphatic hydroxyl groups excluding tert-OH is 6. The molecule has 42 heavy (non-hydrogen) atoms. The molecule has 0 saturated carbocycles. The van der Waals surface area contributed by atoms with Crippen LogP contribution in [0.2, 0.25) is 0 Å². The van der Waals surface area contributed by atoms with E-state index in [1.807, 2.05) is 13.8 Å². The molecular weight excluding hydrogens is 552 g/mol. The second-order valence-corrected chi connectivity index (χ2v) is 11.4. The van der Waals surface area contributed by atoms with Crippen LogP contribution in [-0.4, -0.2) is 113 Å². The maximum Gasteiger partial charge on any atom is 0.370 e. The Morgan fingerprint density at radius 1 is 0.476 bits per heavy atom. The number of hydrogen-bond donors (Lipinski definition) is 11. The van der Waals surface area contributed by atoms with E-state index in [2.05, 4.69) is 6.92 Å². The molecule has 0 aromatic carbocycles. The molecule has 0 aromatic rings. The largest absolute Gasteiger partial charge is 0.477 e. The molecule has 11 N–H and O–H groups in total. The van der Waals surface area contributed by atoms with Crippen LogP contribution in [0.5, 0.6) is 0 Å². The Hall–Kier alpha value is -0.930. The van der Waals surface area contributed by atoms with E-state index in [1.54, 1.807) is 0 Å². The van der Waals surface area contributed by atoms with Crippen molar-refractivity contribution in [3.63, 3.8) is 0 Å². The molecular formula is C30H64O12. The fourth-order valence-corrected chi connectivity index (χ4v) is 3.71. The fraction of sp³-hybridized carbons (Fsp3) is 0.967. The minimum absolute atomic E-state index is 0.156. The smallest absolute Gasteiger partial charge is 0.370 e. The van der Waals surface area contributed by atoms with Gasteiger partial charge < -0.3 is 56.2 Å². The third kappa shape index (κ3) is 19.4. The van der Waals surface area contributed by atoms with Gasteiger partial charge in [-0.3, -0.25) is 0 Å². The van der Waals surface area contributed by atoms with Gasteiger partial charge in [0.05, 0.1) is 39.6 Å². The van der Waals surface area contributed by atoms with Gasteiger partial charge in [0, 0.05) is 17.3 Å². The summed E-state index contributed by atoms with van der Waals surface area (Å²) in [5.41, 5.74) is -1.33. The van der Waals surface area contributed by atoms with Crippen LogP contribution < -0.4 is 0 Å². The summed E-state index contributed by atoms with van der Waals surface area (Å²) in [6, 6.07) is 0. The van der Waals surface area contributed by atoms with E-state index in [-0.39, 0.29) is 46.1 Å². The van der Waals surface area contributed by atoms with Crippen molar-refractivity contribution in [2.75, 3.05) is 39.6 Å². The molecule has 0 atom stereocenters. The standard InChI is InChI=1S/C18H36O6.2C6H14O3/c1-2-3-4-5-6-7-8-9-10-11-12-13-14-15-17(21,22)18(23,24)16(19)20;2*1-2-6(3-7,4-8)5-9/h21-24H,2-15H2,1H3,(H,19,20);2*7-9H,2-5H2,1H3. The molecule has 0 aliphatic carbocycles. The highest BCUT2D eigenvalue weighted by Crippen LogP contribution is 2.24. The first-order chi connectivity index (χ1) is 19.7. The highest BCUT2D eigenvalue weighted by Gasteiger charge is 2.53. The Morgan fingerprint density at radius 2 is 0.738 bits per heavy atom. The van der Waals surface area contributed by atoms with E-state index >= 15 is 0 Å². The van der Waals surface area contributed by atoms with Gasteiger partial charge in [-0.15, -0.1) is 0 Å². The van der Waals surface area contributed by atoms with Crippen LogP contribution in [0.3, 0.4) is 0 Å². The highest BCUT2D eigenvalue weighted by molar-refractivity contribution is 5.76. The van der Waals surface area contributed by atoms with Gasteiger partial charge in [0.25, 0.3) is 0 Å². The summed E-state index contributed by atoms with van der Waals surface area (Å²) in [6.07, 6.45) is 15.4. The highest BCUT2D eigenvalue weighted by atomic mass is 16.6. The van der Waals surface area contributed by atoms with Crippen LogP contribution in [0.1, 0.15) is 124 Å². The van der Waals surface area contributed by atoms with E-state index in [4.69, 9.17) is 46.0 Å². The predicted molar refractivity (Wildman–Crippen MR) is 160 cm³/mol. The Morgan fingerprint density at radius 3 is 0.929 bits per heavy atom. The van der Waals surface area contributed by atoms with Crippen molar-refractivity contribution in [1.29, 1.82) is 0 Å². The van der Waals surface area contributed by atoms with Crippen LogP contribution in [0.4, 0.5) is 0 Å². The molecule has 0 rings (SSSR count). The SMILES string of the molecule is CCC(CO)(CO)CO.CCC(CO)(CO)CO.CCCCCCCCCCCCCCCC(O)(O)C(O)(O)C(=O)O. The lowest BCUT2D eigenvalue weighted by Gasteiger charge is -2.31. The second-order valence-electron chi connectivity index (χ2n) is 11.4. The topological polar surface area (TPSA) is 240 Å². The van der Waals surface area contributed by atoms with Crippen LogP contribution in [-0.2, 0) is 4.79 Å². The van der Waals surface area contributed by atoms with Gasteiger partial charge in [0.15, 0.2) is 0 Å². The average Bonchev–Trinajstić information content (AvgIpc) is 2.99. The Balaban J connectivity index is -0.000000687. The molecule has 12 nitrogen and oxygen atoms in total. The van der Waals surface area contributed by atoms with Gasteiger partial charge in [-0.05, 0) is 19.3 Å². The minimum atomic E-state index is -3.54. The number of rotatable bonds is 24. The number of hydrogen-bond acceptors (Lipinski definition) is 11. The number of carboxylic acid groups (broad SMARTS) is 1. The minimum Gasteiger partial charge on any atom is -0.477 e. The third-order valence-electron chi connectivity index (χ3n) is 8.00. The quantitative estimate of drug-likeness (QED) is 0.0548. The maximum absolute atomic E-state index is 10.6. The van der Waals surface area contributed by atoms with Crippen molar-refractivity contribution < 1.29 is 61.0 Å². The average molecular weight is 617 g/mol. The van der Waals surface area contributed by atoms with Crippen LogP contribution in [0.15, 0.2) is 0 Å². The van der Waals surface area contributed by atoms with E-state index in [9.17, 15) is 15.0 Å². The van der Waals surface area contributed by atoms with E-state index < -0.39 is 28.4 Å². The molecule has 0 heterocycles. The molecule has 0 bridgehead atoms. The van der Waals surface area contributed by atoms with Gasteiger partial charge in [-0.1, -0.05) is 97.8 Å². The van der Waals surface area contributed by atoms with E-state index in [0.29, 0.717) is 25.7 Å². The first-order valence-electron chi connectivity index (χ1n) is 15.5. The van der Waals surface area contributed by atoms with Gasteiger partial charge in [-0.2, -0.15) is 0 Å². The lowest BCUT2D eigenvalue weighted by molar-refractivity contribution is -0.346. The molecule has 0 unspecified atom stereocenters.